The van der Waals surface area contributed by atoms with Crippen LogP contribution in [-0.4, -0.2) is 9.97 Å². The predicted molar refractivity (Wildman–Crippen MR) is 59.5 cm³/mol. The summed E-state index contributed by atoms with van der Waals surface area (Å²) in [6, 6.07) is 12.2. The molecule has 2 rings (SSSR count). The maximum atomic E-state index is 4.45. The Morgan fingerprint density at radius 1 is 0.800 bits per heavy atom. The number of rotatable bonds is 2. The van der Waals surface area contributed by atoms with Crippen molar-refractivity contribution in [3.8, 4) is 0 Å². The minimum absolute atomic E-state index is 1.20. The van der Waals surface area contributed by atoms with E-state index in [2.05, 4.69) is 32.9 Å². The van der Waals surface area contributed by atoms with E-state index in [9.17, 15) is 0 Å². The topological polar surface area (TPSA) is 25.8 Å². The van der Waals surface area contributed by atoms with Crippen molar-refractivity contribution < 1.29 is 15.5 Å². The molecule has 0 saturated heterocycles. The van der Waals surface area contributed by atoms with Crippen LogP contribution in [0.15, 0.2) is 48.8 Å². The van der Waals surface area contributed by atoms with E-state index in [0.29, 0.717) is 0 Å². The van der Waals surface area contributed by atoms with E-state index in [1.807, 2.05) is 36.7 Å². The van der Waals surface area contributed by atoms with Gasteiger partial charge in [-0.2, -0.15) is 0 Å². The Kier molecular flexibility index (Phi) is 2.95. The van der Waals surface area contributed by atoms with Gasteiger partial charge in [0.25, 0.3) is 0 Å². The fraction of sp³-hybridized carbons (Fsp3) is 0.167. The number of aromatic nitrogens is 2. The standard InChI is InChI=1S/2C5H4N.2CH3.Pd/c2*1-2-4-6-5-3-1;;;/h2*1-4H;2*1H3;. The molecule has 0 saturated carbocycles. The normalized spacial score (nSPS) is 12.4. The molecule has 0 atom stereocenters. The summed E-state index contributed by atoms with van der Waals surface area (Å²) < 4.78 is 2.39. The summed E-state index contributed by atoms with van der Waals surface area (Å²) >= 11 is -1.80. The number of hydrogen-bond donors (Lipinski definition) is 0. The molecule has 0 unspecified atom stereocenters. The van der Waals surface area contributed by atoms with Gasteiger partial charge in [-0.15, -0.1) is 0 Å². The first kappa shape index (κ1) is 10.5. The van der Waals surface area contributed by atoms with Gasteiger partial charge in [-0.1, -0.05) is 0 Å². The van der Waals surface area contributed by atoms with Crippen molar-refractivity contribution in [2.45, 2.75) is 10.8 Å². The van der Waals surface area contributed by atoms with E-state index in [0.717, 1.165) is 0 Å². The van der Waals surface area contributed by atoms with Crippen molar-refractivity contribution >= 4 is 8.33 Å². The van der Waals surface area contributed by atoms with Crippen molar-refractivity contribution in [1.82, 2.24) is 9.97 Å². The van der Waals surface area contributed by atoms with Gasteiger partial charge in [0.15, 0.2) is 0 Å². The fourth-order valence-corrected chi connectivity index (χ4v) is 4.45. The molecule has 0 fully saturated rings. The van der Waals surface area contributed by atoms with Crippen molar-refractivity contribution in [2.75, 3.05) is 0 Å². The summed E-state index contributed by atoms with van der Waals surface area (Å²) in [7, 11) is 0. The van der Waals surface area contributed by atoms with Crippen LogP contribution < -0.4 is 8.33 Å². The molecule has 0 aliphatic carbocycles. The number of nitrogens with zero attached hydrogens (tertiary/aromatic N) is 2. The Morgan fingerprint density at radius 3 is 1.60 bits per heavy atom. The zero-order chi connectivity index (χ0) is 10.7. The Bertz CT molecular complexity index is 384. The molecule has 0 bridgehead atoms. The molecule has 0 N–H and O–H groups in total. The minimum atomic E-state index is -1.80. The van der Waals surface area contributed by atoms with Crippen molar-refractivity contribution in [1.29, 1.82) is 0 Å². The fourth-order valence-electron chi connectivity index (χ4n) is 1.21. The summed E-state index contributed by atoms with van der Waals surface area (Å²) in [5.74, 6) is 0. The van der Waals surface area contributed by atoms with E-state index < -0.39 is 15.5 Å². The molecular formula is C12H14N2Pd. The van der Waals surface area contributed by atoms with Crippen molar-refractivity contribution in [3.05, 3.63) is 48.8 Å². The van der Waals surface area contributed by atoms with Crippen LogP contribution in [0.2, 0.25) is 10.8 Å². The predicted octanol–water partition coefficient (Wildman–Crippen LogP) is 1.68. The molecule has 0 amide bonds. The van der Waals surface area contributed by atoms with Gasteiger partial charge in [0.2, 0.25) is 0 Å². The first-order chi connectivity index (χ1) is 7.21. The van der Waals surface area contributed by atoms with Crippen LogP contribution in [0.4, 0.5) is 0 Å². The average Bonchev–Trinajstić information content (AvgIpc) is 2.31. The first-order valence-corrected chi connectivity index (χ1v) is 9.15. The van der Waals surface area contributed by atoms with Crippen molar-refractivity contribution in [3.63, 3.8) is 0 Å². The van der Waals surface area contributed by atoms with Gasteiger partial charge < -0.3 is 0 Å². The number of hydrogen-bond acceptors (Lipinski definition) is 2. The Hall–Kier alpha value is -1.04. The van der Waals surface area contributed by atoms with Crippen LogP contribution >= 0.6 is 0 Å². The van der Waals surface area contributed by atoms with Crippen LogP contribution in [0, 0.1) is 0 Å². The molecule has 0 aliphatic heterocycles. The molecule has 0 aromatic carbocycles. The summed E-state index contributed by atoms with van der Waals surface area (Å²) in [6.45, 7) is 0. The second-order valence-corrected chi connectivity index (χ2v) is 9.91. The van der Waals surface area contributed by atoms with E-state index in [4.69, 9.17) is 0 Å². The third-order valence-electron chi connectivity index (χ3n) is 2.03. The maximum absolute atomic E-state index is 4.45. The number of pyridine rings is 2. The molecule has 2 heterocycles. The van der Waals surface area contributed by atoms with Crippen molar-refractivity contribution in [2.24, 2.45) is 0 Å². The quantitative estimate of drug-likeness (QED) is 0.787. The second kappa shape index (κ2) is 4.22. The van der Waals surface area contributed by atoms with Crippen LogP contribution in [-0.2, 0) is 15.5 Å². The van der Waals surface area contributed by atoms with E-state index >= 15 is 0 Å². The summed E-state index contributed by atoms with van der Waals surface area (Å²) in [6.07, 6.45) is 3.71. The Labute approximate surface area is 93.4 Å². The molecule has 2 aromatic rings. The Morgan fingerprint density at radius 2 is 1.27 bits per heavy atom. The molecular weight excluding hydrogens is 279 g/mol. The SMILES string of the molecule is [CH3][Pd]([CH3])([c]1ccccn1)[c]1ccccn1. The Balaban J connectivity index is 2.44. The summed E-state index contributed by atoms with van der Waals surface area (Å²) in [5.41, 5.74) is 0. The van der Waals surface area contributed by atoms with Gasteiger partial charge in [0.05, 0.1) is 0 Å². The van der Waals surface area contributed by atoms with E-state index in [1.165, 1.54) is 8.33 Å². The van der Waals surface area contributed by atoms with E-state index in [1.54, 1.807) is 0 Å². The van der Waals surface area contributed by atoms with Crippen LogP contribution in [0.3, 0.4) is 0 Å². The molecule has 2 aromatic heterocycles. The third-order valence-corrected chi connectivity index (χ3v) is 6.93. The van der Waals surface area contributed by atoms with Gasteiger partial charge in [-0.3, -0.25) is 0 Å². The van der Waals surface area contributed by atoms with Gasteiger partial charge >= 0.3 is 93.4 Å². The monoisotopic (exact) mass is 292 g/mol. The first-order valence-electron chi connectivity index (χ1n) is 4.49. The second-order valence-electron chi connectivity index (χ2n) is 3.27. The molecule has 82 valence electrons. The zero-order valence-electron chi connectivity index (χ0n) is 8.83. The van der Waals surface area contributed by atoms with E-state index in [-0.39, 0.29) is 0 Å². The van der Waals surface area contributed by atoms with Crippen LogP contribution in [0.1, 0.15) is 0 Å². The molecule has 3 heteroatoms. The van der Waals surface area contributed by atoms with Gasteiger partial charge in [-0.25, -0.2) is 0 Å². The third kappa shape index (κ3) is 2.14. The molecule has 0 aliphatic rings. The van der Waals surface area contributed by atoms with Gasteiger partial charge in [0, 0.05) is 0 Å². The van der Waals surface area contributed by atoms with Crippen LogP contribution in [0.5, 0.6) is 0 Å². The average molecular weight is 293 g/mol. The summed E-state index contributed by atoms with van der Waals surface area (Å²) in [4.78, 5) is 8.91. The molecule has 0 radical (unpaired) electrons. The molecule has 2 nitrogen and oxygen atoms in total. The molecule has 15 heavy (non-hydrogen) atoms. The summed E-state index contributed by atoms with van der Waals surface area (Å²) in [5, 5.41) is 4.57. The zero-order valence-corrected chi connectivity index (χ0v) is 10.4. The van der Waals surface area contributed by atoms with Crippen LogP contribution in [0.25, 0.3) is 0 Å². The van der Waals surface area contributed by atoms with Gasteiger partial charge in [-0.05, 0) is 0 Å². The molecule has 0 spiro atoms. The van der Waals surface area contributed by atoms with Gasteiger partial charge in [0.1, 0.15) is 0 Å².